The van der Waals surface area contributed by atoms with Crippen molar-refractivity contribution in [1.29, 1.82) is 0 Å². The highest BCUT2D eigenvalue weighted by Crippen LogP contribution is 2.34. The van der Waals surface area contributed by atoms with E-state index in [9.17, 15) is 4.39 Å². The Morgan fingerprint density at radius 3 is 2.95 bits per heavy atom. The number of benzene rings is 1. The minimum absolute atomic E-state index is 0.0917. The van der Waals surface area contributed by atoms with Gasteiger partial charge in [-0.25, -0.2) is 14.4 Å². The van der Waals surface area contributed by atoms with Crippen LogP contribution < -0.4 is 5.32 Å². The van der Waals surface area contributed by atoms with Crippen molar-refractivity contribution in [1.82, 2.24) is 9.97 Å². The van der Waals surface area contributed by atoms with E-state index in [1.54, 1.807) is 12.1 Å². The predicted octanol–water partition coefficient (Wildman–Crippen LogP) is 4.50. The summed E-state index contributed by atoms with van der Waals surface area (Å²) >= 11 is 7.69. The summed E-state index contributed by atoms with van der Waals surface area (Å²) < 4.78 is 13.3. The summed E-state index contributed by atoms with van der Waals surface area (Å²) in [7, 11) is 0. The Hall–Kier alpha value is -1.33. The molecule has 0 spiro atoms. The Morgan fingerprint density at radius 2 is 2.19 bits per heavy atom. The molecule has 3 nitrogen and oxygen atoms in total. The molecule has 1 aliphatic heterocycles. The summed E-state index contributed by atoms with van der Waals surface area (Å²) in [6, 6.07) is 4.58. The number of fused-ring (bicyclic) bond motifs is 1. The highest BCUT2D eigenvalue weighted by atomic mass is 35.5. The second-order valence-electron chi connectivity index (χ2n) is 4.87. The topological polar surface area (TPSA) is 37.8 Å². The summed E-state index contributed by atoms with van der Waals surface area (Å²) in [5.41, 5.74) is 2.98. The van der Waals surface area contributed by atoms with Crippen LogP contribution >= 0.6 is 23.4 Å². The maximum atomic E-state index is 13.3. The SMILES string of the molecule is CCCNc1nc(-c2ccc(F)c(Cl)c2)nc2c1CSC2. The first-order valence-corrected chi connectivity index (χ1v) is 8.39. The highest BCUT2D eigenvalue weighted by molar-refractivity contribution is 7.98. The van der Waals surface area contributed by atoms with Crippen LogP contribution in [0.2, 0.25) is 5.02 Å². The lowest BCUT2D eigenvalue weighted by molar-refractivity contribution is 0.628. The maximum absolute atomic E-state index is 13.3. The third kappa shape index (κ3) is 2.99. The third-order valence-electron chi connectivity index (χ3n) is 3.30. The van der Waals surface area contributed by atoms with E-state index in [-0.39, 0.29) is 5.02 Å². The number of nitrogens with zero attached hydrogens (tertiary/aromatic N) is 2. The smallest absolute Gasteiger partial charge is 0.161 e. The molecule has 0 atom stereocenters. The zero-order chi connectivity index (χ0) is 14.8. The van der Waals surface area contributed by atoms with Crippen molar-refractivity contribution in [3.63, 3.8) is 0 Å². The summed E-state index contributed by atoms with van der Waals surface area (Å²) in [5, 5.41) is 3.45. The minimum Gasteiger partial charge on any atom is -0.370 e. The monoisotopic (exact) mass is 323 g/mol. The fourth-order valence-corrected chi connectivity index (χ4v) is 3.43. The summed E-state index contributed by atoms with van der Waals surface area (Å²) in [5.74, 6) is 2.88. The highest BCUT2D eigenvalue weighted by Gasteiger charge is 2.20. The molecule has 0 radical (unpaired) electrons. The lowest BCUT2D eigenvalue weighted by Gasteiger charge is -2.11. The number of thioether (sulfide) groups is 1. The van der Waals surface area contributed by atoms with Crippen molar-refractivity contribution in [2.45, 2.75) is 24.9 Å². The molecule has 0 fully saturated rings. The van der Waals surface area contributed by atoms with Gasteiger partial charge in [-0.2, -0.15) is 11.8 Å². The first kappa shape index (κ1) is 14.6. The molecule has 110 valence electrons. The number of aromatic nitrogens is 2. The van der Waals surface area contributed by atoms with E-state index < -0.39 is 5.82 Å². The lowest BCUT2D eigenvalue weighted by atomic mass is 10.2. The van der Waals surface area contributed by atoms with Gasteiger partial charge in [-0.15, -0.1) is 0 Å². The fourth-order valence-electron chi connectivity index (χ4n) is 2.21. The molecule has 1 aromatic carbocycles. The van der Waals surface area contributed by atoms with Gasteiger partial charge in [0.2, 0.25) is 0 Å². The van der Waals surface area contributed by atoms with E-state index >= 15 is 0 Å². The molecular weight excluding hydrogens is 309 g/mol. The van der Waals surface area contributed by atoms with E-state index in [1.807, 2.05) is 11.8 Å². The van der Waals surface area contributed by atoms with E-state index in [2.05, 4.69) is 22.2 Å². The number of halogens is 2. The quantitative estimate of drug-likeness (QED) is 0.898. The Morgan fingerprint density at radius 1 is 1.33 bits per heavy atom. The fraction of sp³-hybridized carbons (Fsp3) is 0.333. The van der Waals surface area contributed by atoms with Crippen molar-refractivity contribution >= 4 is 29.2 Å². The maximum Gasteiger partial charge on any atom is 0.161 e. The minimum atomic E-state index is -0.429. The summed E-state index contributed by atoms with van der Waals surface area (Å²) in [6.45, 7) is 2.99. The second kappa shape index (κ2) is 6.20. The second-order valence-corrected chi connectivity index (χ2v) is 6.26. The molecule has 1 N–H and O–H groups in total. The van der Waals surface area contributed by atoms with Crippen molar-refractivity contribution in [3.8, 4) is 11.4 Å². The Kier molecular flexibility index (Phi) is 4.31. The van der Waals surface area contributed by atoms with E-state index in [0.717, 1.165) is 41.5 Å². The van der Waals surface area contributed by atoms with Crippen LogP contribution in [0.15, 0.2) is 18.2 Å². The zero-order valence-electron chi connectivity index (χ0n) is 11.6. The van der Waals surface area contributed by atoms with Crippen molar-refractivity contribution in [2.24, 2.45) is 0 Å². The van der Waals surface area contributed by atoms with Crippen LogP contribution in [-0.2, 0) is 11.5 Å². The molecule has 0 amide bonds. The normalized spacial score (nSPS) is 13.3. The average molecular weight is 324 g/mol. The van der Waals surface area contributed by atoms with Crippen LogP contribution in [0.25, 0.3) is 11.4 Å². The molecule has 3 rings (SSSR count). The Balaban J connectivity index is 2.04. The molecular formula is C15H15ClFN3S. The lowest BCUT2D eigenvalue weighted by Crippen LogP contribution is -2.08. The predicted molar refractivity (Wildman–Crippen MR) is 86.2 cm³/mol. The third-order valence-corrected chi connectivity index (χ3v) is 4.56. The largest absolute Gasteiger partial charge is 0.370 e. The molecule has 2 heterocycles. The van der Waals surface area contributed by atoms with Gasteiger partial charge >= 0.3 is 0 Å². The first-order valence-electron chi connectivity index (χ1n) is 6.86. The van der Waals surface area contributed by atoms with Crippen LogP contribution in [0.1, 0.15) is 24.6 Å². The van der Waals surface area contributed by atoms with Gasteiger partial charge in [0, 0.05) is 29.2 Å². The first-order chi connectivity index (χ1) is 10.2. The number of nitrogens with one attached hydrogen (secondary N) is 1. The zero-order valence-corrected chi connectivity index (χ0v) is 13.2. The van der Waals surface area contributed by atoms with Gasteiger partial charge < -0.3 is 5.32 Å². The Labute approximate surface area is 132 Å². The molecule has 0 saturated heterocycles. The van der Waals surface area contributed by atoms with Gasteiger partial charge in [0.1, 0.15) is 11.6 Å². The van der Waals surface area contributed by atoms with Gasteiger partial charge in [-0.05, 0) is 24.6 Å². The molecule has 2 aromatic rings. The average Bonchev–Trinajstić information content (AvgIpc) is 2.96. The standard InChI is InChI=1S/C15H15ClFN3S/c1-2-5-18-15-10-7-21-8-13(10)19-14(20-15)9-3-4-12(17)11(16)6-9/h3-4,6H,2,5,7-8H2,1H3,(H,18,19,20). The molecule has 0 unspecified atom stereocenters. The molecule has 1 aliphatic rings. The van der Waals surface area contributed by atoms with Crippen molar-refractivity contribution in [3.05, 3.63) is 40.3 Å². The van der Waals surface area contributed by atoms with Gasteiger partial charge in [-0.1, -0.05) is 18.5 Å². The number of rotatable bonds is 4. The summed E-state index contributed by atoms with van der Waals surface area (Å²) in [4.78, 5) is 9.22. The van der Waals surface area contributed by atoms with Crippen LogP contribution in [0.3, 0.4) is 0 Å². The van der Waals surface area contributed by atoms with Crippen molar-refractivity contribution < 1.29 is 4.39 Å². The van der Waals surface area contributed by atoms with Crippen LogP contribution in [0.5, 0.6) is 0 Å². The molecule has 6 heteroatoms. The molecule has 0 aliphatic carbocycles. The van der Waals surface area contributed by atoms with Gasteiger partial charge in [0.25, 0.3) is 0 Å². The van der Waals surface area contributed by atoms with Gasteiger partial charge in [-0.3, -0.25) is 0 Å². The Bertz CT molecular complexity index is 678. The number of anilines is 1. The van der Waals surface area contributed by atoms with Crippen LogP contribution in [0, 0.1) is 5.82 Å². The number of hydrogen-bond acceptors (Lipinski definition) is 4. The molecule has 21 heavy (non-hydrogen) atoms. The van der Waals surface area contributed by atoms with Crippen LogP contribution in [-0.4, -0.2) is 16.5 Å². The van der Waals surface area contributed by atoms with Crippen LogP contribution in [0.4, 0.5) is 10.2 Å². The molecule has 0 saturated carbocycles. The number of hydrogen-bond donors (Lipinski definition) is 1. The molecule has 0 bridgehead atoms. The van der Waals surface area contributed by atoms with Gasteiger partial charge in [0.15, 0.2) is 5.82 Å². The van der Waals surface area contributed by atoms with Gasteiger partial charge in [0.05, 0.1) is 10.7 Å². The van der Waals surface area contributed by atoms with Crippen molar-refractivity contribution in [2.75, 3.05) is 11.9 Å². The molecule has 1 aromatic heterocycles. The van der Waals surface area contributed by atoms with E-state index in [0.29, 0.717) is 5.82 Å². The van der Waals surface area contributed by atoms with E-state index in [1.165, 1.54) is 11.6 Å². The summed E-state index contributed by atoms with van der Waals surface area (Å²) in [6.07, 6.45) is 1.03. The van der Waals surface area contributed by atoms with E-state index in [4.69, 9.17) is 11.6 Å².